The molecule has 106 valence electrons. The number of nitrogens with zero attached hydrogens (tertiary/aromatic N) is 1. The van der Waals surface area contributed by atoms with E-state index in [2.05, 4.69) is 5.10 Å². The molecule has 20 heavy (non-hydrogen) atoms. The van der Waals surface area contributed by atoms with E-state index in [4.69, 9.17) is 4.42 Å². The summed E-state index contributed by atoms with van der Waals surface area (Å²) in [5.41, 5.74) is -0.729. The van der Waals surface area contributed by atoms with Crippen molar-refractivity contribution >= 4 is 0 Å². The van der Waals surface area contributed by atoms with Crippen LogP contribution in [0, 0.1) is 20.8 Å². The van der Waals surface area contributed by atoms with Crippen molar-refractivity contribution in [2.45, 2.75) is 27.3 Å². The number of nitrogens with one attached hydrogen (secondary N) is 2. The highest BCUT2D eigenvalue weighted by Gasteiger charge is 2.12. The standard InChI is InChI=1S/C12H13N3O5/c1-5-6(2)11(18)15(14-9(5)16)4-8-7(3)20-12(19)13-10(8)17/h4H2,1-3H3,(H,14,16)(H,13,17,19). The molecule has 0 bridgehead atoms. The molecular weight excluding hydrogens is 266 g/mol. The summed E-state index contributed by atoms with van der Waals surface area (Å²) in [5.74, 6) is -0.762. The van der Waals surface area contributed by atoms with Gasteiger partial charge in [0.05, 0.1) is 12.1 Å². The second kappa shape index (κ2) is 4.80. The van der Waals surface area contributed by atoms with Gasteiger partial charge in [0.25, 0.3) is 16.7 Å². The lowest BCUT2D eigenvalue weighted by Gasteiger charge is -2.08. The number of aromatic amines is 2. The first-order chi connectivity index (χ1) is 9.31. The molecule has 0 saturated heterocycles. The third kappa shape index (κ3) is 2.27. The van der Waals surface area contributed by atoms with Crippen LogP contribution in [-0.4, -0.2) is 14.8 Å². The molecule has 2 aromatic heterocycles. The average Bonchev–Trinajstić information content (AvgIpc) is 2.37. The van der Waals surface area contributed by atoms with E-state index in [0.717, 1.165) is 4.68 Å². The Morgan fingerprint density at radius 3 is 2.25 bits per heavy atom. The molecule has 0 fully saturated rings. The quantitative estimate of drug-likeness (QED) is 0.742. The van der Waals surface area contributed by atoms with Gasteiger partial charge in [0, 0.05) is 11.1 Å². The number of hydrogen-bond acceptors (Lipinski definition) is 5. The van der Waals surface area contributed by atoms with E-state index in [1.54, 1.807) is 6.92 Å². The molecule has 2 aromatic rings. The van der Waals surface area contributed by atoms with Crippen LogP contribution in [-0.2, 0) is 6.54 Å². The maximum atomic E-state index is 12.0. The van der Waals surface area contributed by atoms with Gasteiger partial charge in [-0.25, -0.2) is 9.48 Å². The van der Waals surface area contributed by atoms with Crippen LogP contribution >= 0.6 is 0 Å². The van der Waals surface area contributed by atoms with Crippen molar-refractivity contribution in [1.82, 2.24) is 14.8 Å². The van der Waals surface area contributed by atoms with Crippen molar-refractivity contribution < 1.29 is 4.42 Å². The van der Waals surface area contributed by atoms with Gasteiger partial charge in [-0.05, 0) is 20.8 Å². The Balaban J connectivity index is 2.63. The lowest BCUT2D eigenvalue weighted by atomic mass is 10.2. The zero-order valence-electron chi connectivity index (χ0n) is 11.2. The van der Waals surface area contributed by atoms with Crippen molar-refractivity contribution in [2.75, 3.05) is 0 Å². The fourth-order valence-corrected chi connectivity index (χ4v) is 1.80. The highest BCUT2D eigenvalue weighted by molar-refractivity contribution is 5.19. The molecule has 0 aliphatic heterocycles. The van der Waals surface area contributed by atoms with E-state index < -0.39 is 22.4 Å². The summed E-state index contributed by atoms with van der Waals surface area (Å²) in [4.78, 5) is 48.3. The number of H-pyrrole nitrogens is 2. The molecule has 2 rings (SSSR count). The van der Waals surface area contributed by atoms with Crippen LogP contribution in [0.4, 0.5) is 0 Å². The summed E-state index contributed by atoms with van der Waals surface area (Å²) in [6.07, 6.45) is 0. The Morgan fingerprint density at radius 1 is 1.00 bits per heavy atom. The molecular formula is C12H13N3O5. The molecule has 0 aliphatic carbocycles. The molecule has 0 radical (unpaired) electrons. The van der Waals surface area contributed by atoms with Crippen molar-refractivity contribution in [2.24, 2.45) is 0 Å². The Labute approximate surface area is 111 Å². The topological polar surface area (TPSA) is 118 Å². The Hall–Kier alpha value is -2.64. The first-order valence-corrected chi connectivity index (χ1v) is 5.84. The summed E-state index contributed by atoms with van der Waals surface area (Å²) in [5, 5.41) is 2.38. The van der Waals surface area contributed by atoms with Crippen LogP contribution in [0.15, 0.2) is 23.6 Å². The van der Waals surface area contributed by atoms with Crippen LogP contribution in [0.1, 0.15) is 22.5 Å². The molecule has 0 spiro atoms. The first kappa shape index (κ1) is 13.8. The maximum Gasteiger partial charge on any atom is 0.419 e. The van der Waals surface area contributed by atoms with Crippen LogP contribution in [0.25, 0.3) is 0 Å². The molecule has 0 amide bonds. The van der Waals surface area contributed by atoms with E-state index >= 15 is 0 Å². The van der Waals surface area contributed by atoms with Gasteiger partial charge in [0.2, 0.25) is 0 Å². The minimum atomic E-state index is -0.864. The van der Waals surface area contributed by atoms with Crippen molar-refractivity contribution in [1.29, 1.82) is 0 Å². The Kier molecular flexibility index (Phi) is 3.31. The fraction of sp³-hybridized carbons (Fsp3) is 0.333. The second-order valence-corrected chi connectivity index (χ2v) is 4.46. The zero-order chi connectivity index (χ0) is 15.0. The van der Waals surface area contributed by atoms with Crippen LogP contribution in [0.5, 0.6) is 0 Å². The van der Waals surface area contributed by atoms with Gasteiger partial charge in [0.1, 0.15) is 5.76 Å². The molecule has 2 N–H and O–H groups in total. The van der Waals surface area contributed by atoms with E-state index in [-0.39, 0.29) is 17.9 Å². The highest BCUT2D eigenvalue weighted by atomic mass is 16.4. The number of aromatic nitrogens is 3. The molecule has 0 atom stereocenters. The van der Waals surface area contributed by atoms with Crippen molar-refractivity contribution in [3.8, 4) is 0 Å². The van der Waals surface area contributed by atoms with Gasteiger partial charge >= 0.3 is 5.76 Å². The number of aryl methyl sites for hydroxylation is 1. The lowest BCUT2D eigenvalue weighted by Crippen LogP contribution is -2.35. The molecule has 0 unspecified atom stereocenters. The maximum absolute atomic E-state index is 12.0. The molecule has 0 aromatic carbocycles. The summed E-state index contributed by atoms with van der Waals surface area (Å²) >= 11 is 0. The second-order valence-electron chi connectivity index (χ2n) is 4.46. The molecule has 0 saturated carbocycles. The Bertz CT molecular complexity index is 897. The van der Waals surface area contributed by atoms with E-state index in [9.17, 15) is 19.2 Å². The van der Waals surface area contributed by atoms with Gasteiger partial charge in [-0.2, -0.15) is 0 Å². The van der Waals surface area contributed by atoms with Crippen LogP contribution < -0.4 is 22.4 Å². The monoisotopic (exact) mass is 279 g/mol. The lowest BCUT2D eigenvalue weighted by molar-refractivity contribution is 0.436. The third-order valence-electron chi connectivity index (χ3n) is 3.18. The highest BCUT2D eigenvalue weighted by Crippen LogP contribution is 2.00. The molecule has 2 heterocycles. The van der Waals surface area contributed by atoms with Crippen LogP contribution in [0.2, 0.25) is 0 Å². The predicted molar refractivity (Wildman–Crippen MR) is 70.2 cm³/mol. The smallest absolute Gasteiger partial charge is 0.414 e. The first-order valence-electron chi connectivity index (χ1n) is 5.84. The normalized spacial score (nSPS) is 10.8. The van der Waals surface area contributed by atoms with Gasteiger partial charge in [-0.15, -0.1) is 0 Å². The molecule has 8 nitrogen and oxygen atoms in total. The minimum Gasteiger partial charge on any atom is -0.414 e. The van der Waals surface area contributed by atoms with Crippen molar-refractivity contribution in [3.63, 3.8) is 0 Å². The summed E-state index contributed by atoms with van der Waals surface area (Å²) in [6.45, 7) is 4.33. The van der Waals surface area contributed by atoms with Gasteiger partial charge < -0.3 is 4.42 Å². The van der Waals surface area contributed by atoms with Gasteiger partial charge in [-0.1, -0.05) is 0 Å². The predicted octanol–water partition coefficient (Wildman–Crippen LogP) is -0.848. The largest absolute Gasteiger partial charge is 0.419 e. The van der Waals surface area contributed by atoms with E-state index in [0.29, 0.717) is 11.1 Å². The molecule has 8 heteroatoms. The van der Waals surface area contributed by atoms with Gasteiger partial charge in [-0.3, -0.25) is 24.5 Å². The summed E-state index contributed by atoms with van der Waals surface area (Å²) < 4.78 is 5.78. The van der Waals surface area contributed by atoms with Gasteiger partial charge in [0.15, 0.2) is 0 Å². The van der Waals surface area contributed by atoms with Crippen LogP contribution in [0.3, 0.4) is 0 Å². The van der Waals surface area contributed by atoms with E-state index in [1.165, 1.54) is 13.8 Å². The third-order valence-corrected chi connectivity index (χ3v) is 3.18. The fourth-order valence-electron chi connectivity index (χ4n) is 1.80. The summed E-state index contributed by atoms with van der Waals surface area (Å²) in [7, 11) is 0. The minimum absolute atomic E-state index is 0.102. The SMILES string of the molecule is Cc1oc(=O)[nH]c(=O)c1Cn1[nH]c(=O)c(C)c(C)c1=O. The zero-order valence-corrected chi connectivity index (χ0v) is 11.2. The number of rotatable bonds is 2. The average molecular weight is 279 g/mol. The van der Waals surface area contributed by atoms with E-state index in [1.807, 2.05) is 4.98 Å². The Morgan fingerprint density at radius 2 is 1.65 bits per heavy atom. The van der Waals surface area contributed by atoms with Crippen molar-refractivity contribution in [3.05, 3.63) is 64.1 Å². The molecule has 0 aliphatic rings. The number of hydrogen-bond donors (Lipinski definition) is 2. The summed E-state index contributed by atoms with van der Waals surface area (Å²) in [6, 6.07) is 0.